The zero-order valence-corrected chi connectivity index (χ0v) is 7.20. The largest absolute Gasteiger partial charge is 0.374 e. The topological polar surface area (TPSA) is 29.3 Å². The van der Waals surface area contributed by atoms with E-state index < -0.39 is 0 Å². The van der Waals surface area contributed by atoms with Gasteiger partial charge in [0.2, 0.25) is 0 Å². The Kier molecular flexibility index (Phi) is 1.50. The summed E-state index contributed by atoms with van der Waals surface area (Å²) in [5, 5.41) is 3.12. The first kappa shape index (κ1) is 7.16. The van der Waals surface area contributed by atoms with Crippen LogP contribution < -0.4 is 5.32 Å². The first-order valence-electron chi connectivity index (χ1n) is 3.94. The second-order valence-corrected chi connectivity index (χ2v) is 2.75. The van der Waals surface area contributed by atoms with E-state index in [2.05, 4.69) is 14.7 Å². The SMILES string of the molecule is CNc1cccc2ncc(C)n12. The van der Waals surface area contributed by atoms with Crippen molar-refractivity contribution in [1.29, 1.82) is 0 Å². The van der Waals surface area contributed by atoms with E-state index in [1.807, 2.05) is 38.4 Å². The van der Waals surface area contributed by atoms with Gasteiger partial charge < -0.3 is 5.32 Å². The van der Waals surface area contributed by atoms with Crippen LogP contribution in [0.3, 0.4) is 0 Å². The molecule has 12 heavy (non-hydrogen) atoms. The van der Waals surface area contributed by atoms with Crippen molar-refractivity contribution in [2.24, 2.45) is 0 Å². The molecule has 1 N–H and O–H groups in total. The summed E-state index contributed by atoms with van der Waals surface area (Å²) < 4.78 is 2.08. The molecule has 2 aromatic heterocycles. The summed E-state index contributed by atoms with van der Waals surface area (Å²) in [6.07, 6.45) is 1.87. The van der Waals surface area contributed by atoms with Crippen molar-refractivity contribution in [3.8, 4) is 0 Å². The van der Waals surface area contributed by atoms with E-state index in [4.69, 9.17) is 0 Å². The molecule has 0 fully saturated rings. The Labute approximate surface area is 71.0 Å². The lowest BCUT2D eigenvalue weighted by Gasteiger charge is -2.04. The van der Waals surface area contributed by atoms with Crippen LogP contribution in [0.4, 0.5) is 5.82 Å². The van der Waals surface area contributed by atoms with Crippen molar-refractivity contribution in [2.45, 2.75) is 6.92 Å². The molecule has 0 radical (unpaired) electrons. The molecule has 0 aliphatic heterocycles. The predicted molar refractivity (Wildman–Crippen MR) is 49.5 cm³/mol. The van der Waals surface area contributed by atoms with Gasteiger partial charge in [-0.3, -0.25) is 4.40 Å². The maximum Gasteiger partial charge on any atom is 0.138 e. The Morgan fingerprint density at radius 1 is 1.42 bits per heavy atom. The van der Waals surface area contributed by atoms with Crippen molar-refractivity contribution in [2.75, 3.05) is 12.4 Å². The van der Waals surface area contributed by atoms with Crippen LogP contribution in [0.15, 0.2) is 24.4 Å². The van der Waals surface area contributed by atoms with Gasteiger partial charge in [-0.1, -0.05) is 6.07 Å². The zero-order valence-electron chi connectivity index (χ0n) is 7.20. The fraction of sp³-hybridized carbons (Fsp3) is 0.222. The highest BCUT2D eigenvalue weighted by atomic mass is 15.1. The van der Waals surface area contributed by atoms with Crippen molar-refractivity contribution >= 4 is 11.5 Å². The van der Waals surface area contributed by atoms with Crippen molar-refractivity contribution in [1.82, 2.24) is 9.38 Å². The van der Waals surface area contributed by atoms with Crippen LogP contribution in [0.2, 0.25) is 0 Å². The molecule has 0 atom stereocenters. The minimum atomic E-state index is 0.986. The molecule has 0 aliphatic rings. The van der Waals surface area contributed by atoms with Crippen molar-refractivity contribution < 1.29 is 0 Å². The van der Waals surface area contributed by atoms with Gasteiger partial charge in [0, 0.05) is 18.9 Å². The van der Waals surface area contributed by atoms with E-state index in [9.17, 15) is 0 Å². The lowest BCUT2D eigenvalue weighted by molar-refractivity contribution is 1.10. The number of aromatic nitrogens is 2. The third kappa shape index (κ3) is 0.863. The van der Waals surface area contributed by atoms with Crippen LogP contribution in [0.5, 0.6) is 0 Å². The summed E-state index contributed by atoms with van der Waals surface area (Å²) in [6.45, 7) is 2.04. The number of imidazole rings is 1. The number of pyridine rings is 1. The highest BCUT2D eigenvalue weighted by Crippen LogP contribution is 2.13. The van der Waals surface area contributed by atoms with Crippen LogP contribution in [0.25, 0.3) is 5.65 Å². The number of anilines is 1. The molecule has 0 bridgehead atoms. The molecule has 0 saturated heterocycles. The Morgan fingerprint density at radius 2 is 2.25 bits per heavy atom. The molecule has 2 rings (SSSR count). The summed E-state index contributed by atoms with van der Waals surface area (Å²) in [4.78, 5) is 4.25. The molecule has 0 saturated carbocycles. The standard InChI is InChI=1S/C9H11N3/c1-7-6-11-9-5-3-4-8(10-2)12(7)9/h3-6,10H,1-2H3. The Balaban J connectivity index is 2.84. The maximum absolute atomic E-state index is 4.25. The average molecular weight is 161 g/mol. The van der Waals surface area contributed by atoms with Gasteiger partial charge in [-0.05, 0) is 19.1 Å². The Hall–Kier alpha value is -1.51. The second-order valence-electron chi connectivity index (χ2n) is 2.75. The summed E-state index contributed by atoms with van der Waals surface area (Å²) in [5.74, 6) is 1.07. The smallest absolute Gasteiger partial charge is 0.138 e. The first-order chi connectivity index (χ1) is 5.83. The lowest BCUT2D eigenvalue weighted by atomic mass is 10.4. The monoisotopic (exact) mass is 161 g/mol. The van der Waals surface area contributed by atoms with Crippen molar-refractivity contribution in [3.63, 3.8) is 0 Å². The van der Waals surface area contributed by atoms with Gasteiger partial charge in [-0.15, -0.1) is 0 Å². The highest BCUT2D eigenvalue weighted by molar-refractivity contribution is 5.51. The minimum absolute atomic E-state index is 0.986. The third-order valence-corrected chi connectivity index (χ3v) is 1.96. The maximum atomic E-state index is 4.25. The predicted octanol–water partition coefficient (Wildman–Crippen LogP) is 1.68. The molecule has 0 aliphatic carbocycles. The molecule has 2 heterocycles. The van der Waals surface area contributed by atoms with Crippen molar-refractivity contribution in [3.05, 3.63) is 30.1 Å². The van der Waals surface area contributed by atoms with Crippen LogP contribution in [-0.4, -0.2) is 16.4 Å². The number of aryl methyl sites for hydroxylation is 1. The quantitative estimate of drug-likeness (QED) is 0.689. The van der Waals surface area contributed by atoms with Gasteiger partial charge in [0.1, 0.15) is 11.5 Å². The van der Waals surface area contributed by atoms with Gasteiger partial charge in [0.25, 0.3) is 0 Å². The molecule has 0 spiro atoms. The van der Waals surface area contributed by atoms with E-state index in [0.717, 1.165) is 17.2 Å². The summed E-state index contributed by atoms with van der Waals surface area (Å²) >= 11 is 0. The van der Waals surface area contributed by atoms with Gasteiger partial charge in [-0.2, -0.15) is 0 Å². The van der Waals surface area contributed by atoms with Gasteiger partial charge in [0.05, 0.1) is 0 Å². The molecule has 2 aromatic rings. The number of fused-ring (bicyclic) bond motifs is 1. The first-order valence-corrected chi connectivity index (χ1v) is 3.94. The van der Waals surface area contributed by atoms with Gasteiger partial charge in [0.15, 0.2) is 0 Å². The van der Waals surface area contributed by atoms with Crippen LogP contribution >= 0.6 is 0 Å². The molecule has 0 unspecified atom stereocenters. The Morgan fingerprint density at radius 3 is 3.00 bits per heavy atom. The highest BCUT2D eigenvalue weighted by Gasteiger charge is 2.00. The second kappa shape index (κ2) is 2.52. The third-order valence-electron chi connectivity index (χ3n) is 1.96. The van der Waals surface area contributed by atoms with Gasteiger partial charge >= 0.3 is 0 Å². The molecule has 0 aromatic carbocycles. The van der Waals surface area contributed by atoms with Crippen LogP contribution in [0.1, 0.15) is 5.69 Å². The minimum Gasteiger partial charge on any atom is -0.374 e. The summed E-state index contributed by atoms with van der Waals surface area (Å²) in [6, 6.07) is 6.02. The van der Waals surface area contributed by atoms with Gasteiger partial charge in [-0.25, -0.2) is 4.98 Å². The summed E-state index contributed by atoms with van der Waals surface area (Å²) in [5.41, 5.74) is 2.13. The molecular weight excluding hydrogens is 150 g/mol. The van der Waals surface area contributed by atoms with Crippen LogP contribution in [0, 0.1) is 6.92 Å². The number of nitrogens with one attached hydrogen (secondary N) is 1. The molecule has 0 amide bonds. The number of hydrogen-bond donors (Lipinski definition) is 1. The summed E-state index contributed by atoms with van der Waals surface area (Å²) in [7, 11) is 1.91. The van der Waals surface area contributed by atoms with Crippen LogP contribution in [-0.2, 0) is 0 Å². The normalized spacial score (nSPS) is 10.5. The molecule has 62 valence electrons. The molecule has 3 heteroatoms. The van der Waals surface area contributed by atoms with E-state index in [0.29, 0.717) is 0 Å². The fourth-order valence-corrected chi connectivity index (χ4v) is 1.38. The zero-order chi connectivity index (χ0) is 8.55. The number of hydrogen-bond acceptors (Lipinski definition) is 2. The van der Waals surface area contributed by atoms with E-state index in [-0.39, 0.29) is 0 Å². The number of nitrogens with zero attached hydrogens (tertiary/aromatic N) is 2. The fourth-order valence-electron chi connectivity index (χ4n) is 1.38. The number of rotatable bonds is 1. The van der Waals surface area contributed by atoms with E-state index in [1.54, 1.807) is 0 Å². The van der Waals surface area contributed by atoms with E-state index >= 15 is 0 Å². The Bertz CT molecular complexity index is 403. The van der Waals surface area contributed by atoms with E-state index in [1.165, 1.54) is 0 Å². The molecule has 3 nitrogen and oxygen atoms in total. The average Bonchev–Trinajstić information content (AvgIpc) is 2.48. The molecular formula is C9H11N3. The lowest BCUT2D eigenvalue weighted by Crippen LogP contribution is -1.98.